The van der Waals surface area contributed by atoms with Crippen LogP contribution in [0.2, 0.25) is 0 Å². The monoisotopic (exact) mass is 231 g/mol. The standard InChI is InChI=1S/C13H13NO3/c1-10-3-2-4-11(9-10)5-6-12(15)14-7-8-17-13(14)16/h2-6,9H,7-8H2,1H3. The predicted molar refractivity (Wildman–Crippen MR) is 63.3 cm³/mol. The number of hydrogen-bond donors (Lipinski definition) is 0. The highest BCUT2D eigenvalue weighted by Gasteiger charge is 2.26. The second-order valence-corrected chi connectivity index (χ2v) is 3.85. The fraction of sp³-hybridized carbons (Fsp3) is 0.231. The van der Waals surface area contributed by atoms with Crippen molar-refractivity contribution in [1.82, 2.24) is 4.90 Å². The third-order valence-corrected chi connectivity index (χ3v) is 2.49. The van der Waals surface area contributed by atoms with Crippen LogP contribution in [0.15, 0.2) is 30.3 Å². The number of aryl methyl sites for hydroxylation is 1. The van der Waals surface area contributed by atoms with E-state index in [0.29, 0.717) is 6.54 Å². The van der Waals surface area contributed by atoms with Gasteiger partial charge in [-0.15, -0.1) is 0 Å². The number of ether oxygens (including phenoxy) is 1. The molecule has 0 radical (unpaired) electrons. The minimum atomic E-state index is -0.566. The molecule has 0 saturated carbocycles. The van der Waals surface area contributed by atoms with Crippen molar-refractivity contribution < 1.29 is 14.3 Å². The summed E-state index contributed by atoms with van der Waals surface area (Å²) in [4.78, 5) is 23.9. The topological polar surface area (TPSA) is 46.6 Å². The molecule has 1 aliphatic rings. The summed E-state index contributed by atoms with van der Waals surface area (Å²) in [6, 6.07) is 7.77. The molecule has 88 valence electrons. The van der Waals surface area contributed by atoms with Crippen molar-refractivity contribution in [3.05, 3.63) is 41.5 Å². The Morgan fingerprint density at radius 2 is 2.29 bits per heavy atom. The van der Waals surface area contributed by atoms with Gasteiger partial charge in [-0.2, -0.15) is 0 Å². The minimum Gasteiger partial charge on any atom is -0.447 e. The smallest absolute Gasteiger partial charge is 0.416 e. The van der Waals surface area contributed by atoms with Crippen LogP contribution in [0.1, 0.15) is 11.1 Å². The molecule has 1 saturated heterocycles. The predicted octanol–water partition coefficient (Wildman–Crippen LogP) is 1.99. The average Bonchev–Trinajstić information content (AvgIpc) is 2.72. The van der Waals surface area contributed by atoms with Crippen molar-refractivity contribution in [3.8, 4) is 0 Å². The molecule has 2 rings (SSSR count). The van der Waals surface area contributed by atoms with E-state index in [0.717, 1.165) is 16.0 Å². The molecular weight excluding hydrogens is 218 g/mol. The van der Waals surface area contributed by atoms with Crippen LogP contribution in [0.3, 0.4) is 0 Å². The van der Waals surface area contributed by atoms with Gasteiger partial charge in [-0.3, -0.25) is 4.79 Å². The van der Waals surface area contributed by atoms with Crippen LogP contribution < -0.4 is 0 Å². The van der Waals surface area contributed by atoms with E-state index in [1.54, 1.807) is 6.08 Å². The van der Waals surface area contributed by atoms with Gasteiger partial charge in [0.15, 0.2) is 0 Å². The van der Waals surface area contributed by atoms with E-state index in [2.05, 4.69) is 0 Å². The van der Waals surface area contributed by atoms with Gasteiger partial charge in [-0.25, -0.2) is 9.69 Å². The summed E-state index contributed by atoms with van der Waals surface area (Å²) in [6.07, 6.45) is 2.52. The zero-order chi connectivity index (χ0) is 12.3. The van der Waals surface area contributed by atoms with Crippen molar-refractivity contribution in [2.45, 2.75) is 6.92 Å². The van der Waals surface area contributed by atoms with Gasteiger partial charge in [0.25, 0.3) is 5.91 Å². The first-order valence-corrected chi connectivity index (χ1v) is 5.40. The van der Waals surface area contributed by atoms with Gasteiger partial charge >= 0.3 is 6.09 Å². The van der Waals surface area contributed by atoms with Crippen molar-refractivity contribution in [2.24, 2.45) is 0 Å². The van der Waals surface area contributed by atoms with E-state index in [-0.39, 0.29) is 12.5 Å². The average molecular weight is 231 g/mol. The number of hydrogen-bond acceptors (Lipinski definition) is 3. The van der Waals surface area contributed by atoms with Gasteiger partial charge < -0.3 is 4.74 Å². The molecule has 0 aromatic heterocycles. The Morgan fingerprint density at radius 3 is 2.94 bits per heavy atom. The summed E-state index contributed by atoms with van der Waals surface area (Å²) in [5.74, 6) is -0.339. The van der Waals surface area contributed by atoms with Gasteiger partial charge in [-0.1, -0.05) is 29.8 Å². The molecule has 0 unspecified atom stereocenters. The van der Waals surface area contributed by atoms with Crippen LogP contribution in [-0.4, -0.2) is 30.1 Å². The quantitative estimate of drug-likeness (QED) is 0.731. The largest absolute Gasteiger partial charge is 0.447 e. The van der Waals surface area contributed by atoms with Crippen LogP contribution in [0.5, 0.6) is 0 Å². The Labute approximate surface area is 99.5 Å². The Balaban J connectivity index is 2.05. The fourth-order valence-corrected chi connectivity index (χ4v) is 1.62. The number of imide groups is 1. The van der Waals surface area contributed by atoms with E-state index in [1.807, 2.05) is 31.2 Å². The Bertz CT molecular complexity index is 479. The third kappa shape index (κ3) is 2.72. The lowest BCUT2D eigenvalue weighted by atomic mass is 10.1. The van der Waals surface area contributed by atoms with E-state index >= 15 is 0 Å². The molecule has 0 aliphatic carbocycles. The number of carbonyl (C=O) groups is 2. The Morgan fingerprint density at radius 1 is 1.47 bits per heavy atom. The summed E-state index contributed by atoms with van der Waals surface area (Å²) in [7, 11) is 0. The van der Waals surface area contributed by atoms with Crippen molar-refractivity contribution in [1.29, 1.82) is 0 Å². The molecule has 2 amide bonds. The van der Waals surface area contributed by atoms with Crippen LogP contribution in [0.4, 0.5) is 4.79 Å². The second-order valence-electron chi connectivity index (χ2n) is 3.85. The van der Waals surface area contributed by atoms with Crippen LogP contribution in [0, 0.1) is 6.92 Å². The summed E-state index contributed by atoms with van der Waals surface area (Å²) in [6.45, 7) is 2.59. The molecule has 1 heterocycles. The minimum absolute atomic E-state index is 0.281. The number of carbonyl (C=O) groups excluding carboxylic acids is 2. The summed E-state index contributed by atoms with van der Waals surface area (Å²) in [5.41, 5.74) is 2.06. The van der Waals surface area contributed by atoms with Crippen LogP contribution in [-0.2, 0) is 9.53 Å². The maximum atomic E-state index is 11.7. The van der Waals surface area contributed by atoms with E-state index < -0.39 is 6.09 Å². The lowest BCUT2D eigenvalue weighted by molar-refractivity contribution is -0.122. The van der Waals surface area contributed by atoms with Crippen molar-refractivity contribution in [2.75, 3.05) is 13.2 Å². The molecule has 0 N–H and O–H groups in total. The zero-order valence-corrected chi connectivity index (χ0v) is 9.55. The van der Waals surface area contributed by atoms with Gasteiger partial charge in [0.05, 0.1) is 6.54 Å². The van der Waals surface area contributed by atoms with Gasteiger partial charge in [0, 0.05) is 6.08 Å². The van der Waals surface area contributed by atoms with Gasteiger partial charge in [0.1, 0.15) is 6.61 Å². The number of benzene rings is 1. The van der Waals surface area contributed by atoms with Crippen LogP contribution >= 0.6 is 0 Å². The molecule has 17 heavy (non-hydrogen) atoms. The normalized spacial score (nSPS) is 15.4. The maximum Gasteiger partial charge on any atom is 0.416 e. The zero-order valence-electron chi connectivity index (χ0n) is 9.55. The van der Waals surface area contributed by atoms with E-state index in [1.165, 1.54) is 6.08 Å². The highest BCUT2D eigenvalue weighted by Crippen LogP contribution is 2.08. The number of rotatable bonds is 2. The first-order valence-electron chi connectivity index (χ1n) is 5.40. The van der Waals surface area contributed by atoms with Gasteiger partial charge in [-0.05, 0) is 18.6 Å². The molecule has 1 fully saturated rings. The number of amides is 2. The first-order chi connectivity index (χ1) is 8.16. The lowest BCUT2D eigenvalue weighted by Gasteiger charge is -2.06. The second kappa shape index (κ2) is 4.82. The molecule has 1 aliphatic heterocycles. The van der Waals surface area contributed by atoms with Crippen LogP contribution in [0.25, 0.3) is 6.08 Å². The molecule has 0 spiro atoms. The molecule has 1 aromatic rings. The first kappa shape index (κ1) is 11.4. The van der Waals surface area contributed by atoms with Crippen molar-refractivity contribution in [3.63, 3.8) is 0 Å². The molecule has 0 bridgehead atoms. The molecule has 1 aromatic carbocycles. The maximum absolute atomic E-state index is 11.7. The summed E-state index contributed by atoms with van der Waals surface area (Å²) < 4.78 is 4.69. The Kier molecular flexibility index (Phi) is 3.23. The third-order valence-electron chi connectivity index (χ3n) is 2.49. The molecular formula is C13H13NO3. The highest BCUT2D eigenvalue weighted by atomic mass is 16.6. The number of nitrogens with zero attached hydrogens (tertiary/aromatic N) is 1. The molecule has 0 atom stereocenters. The van der Waals surface area contributed by atoms with Crippen molar-refractivity contribution >= 4 is 18.1 Å². The molecule has 4 nitrogen and oxygen atoms in total. The van der Waals surface area contributed by atoms with E-state index in [9.17, 15) is 9.59 Å². The molecule has 4 heteroatoms. The fourth-order valence-electron chi connectivity index (χ4n) is 1.62. The SMILES string of the molecule is Cc1cccc(C=CC(=O)N2CCOC2=O)c1. The van der Waals surface area contributed by atoms with Gasteiger partial charge in [0.2, 0.25) is 0 Å². The Hall–Kier alpha value is -2.10. The summed E-state index contributed by atoms with van der Waals surface area (Å²) in [5, 5.41) is 0. The van der Waals surface area contributed by atoms with E-state index in [4.69, 9.17) is 4.74 Å². The summed E-state index contributed by atoms with van der Waals surface area (Å²) >= 11 is 0. The lowest BCUT2D eigenvalue weighted by Crippen LogP contribution is -2.29. The number of cyclic esters (lactones) is 1. The highest BCUT2D eigenvalue weighted by molar-refractivity contribution is 6.01.